The Labute approximate surface area is 69.3 Å². The molecule has 0 saturated carbocycles. The van der Waals surface area contributed by atoms with Gasteiger partial charge < -0.3 is 4.74 Å². The lowest BCUT2D eigenvalue weighted by Gasteiger charge is -2.00. The number of hydrogen-bond acceptors (Lipinski definition) is 2. The number of nitrogens with one attached hydrogen (secondary N) is 1. The SMILES string of the molecule is CCCCCCCOC1CN1. The number of rotatable bonds is 7. The molecule has 1 heterocycles. The Hall–Kier alpha value is -0.0800. The molecule has 1 rings (SSSR count). The Morgan fingerprint density at radius 1 is 1.27 bits per heavy atom. The Bertz CT molecular complexity index is 91.6. The topological polar surface area (TPSA) is 31.2 Å². The smallest absolute Gasteiger partial charge is 0.120 e. The third-order valence-corrected chi connectivity index (χ3v) is 1.94. The second kappa shape index (κ2) is 5.56. The van der Waals surface area contributed by atoms with Gasteiger partial charge in [0.2, 0.25) is 0 Å². The molecule has 0 aromatic carbocycles. The van der Waals surface area contributed by atoms with E-state index in [0.717, 1.165) is 13.2 Å². The van der Waals surface area contributed by atoms with Gasteiger partial charge in [-0.1, -0.05) is 32.6 Å². The van der Waals surface area contributed by atoms with Crippen molar-refractivity contribution in [3.8, 4) is 0 Å². The highest BCUT2D eigenvalue weighted by atomic mass is 16.5. The Balaban J connectivity index is 1.66. The standard InChI is InChI=1S/C9H19NO/c1-2-3-4-5-6-7-11-9-8-10-9/h9-10H,2-8H2,1H3. The highest BCUT2D eigenvalue weighted by Crippen LogP contribution is 2.05. The Morgan fingerprint density at radius 3 is 2.64 bits per heavy atom. The van der Waals surface area contributed by atoms with E-state index in [1.54, 1.807) is 0 Å². The fraction of sp³-hybridized carbons (Fsp3) is 1.00. The van der Waals surface area contributed by atoms with E-state index in [-0.39, 0.29) is 0 Å². The monoisotopic (exact) mass is 157 g/mol. The van der Waals surface area contributed by atoms with E-state index < -0.39 is 0 Å². The minimum atomic E-state index is 0.404. The summed E-state index contributed by atoms with van der Waals surface area (Å²) in [7, 11) is 0. The van der Waals surface area contributed by atoms with E-state index in [4.69, 9.17) is 4.74 Å². The highest BCUT2D eigenvalue weighted by molar-refractivity contribution is 4.71. The summed E-state index contributed by atoms with van der Waals surface area (Å²) in [4.78, 5) is 0. The van der Waals surface area contributed by atoms with Gasteiger partial charge in [0.25, 0.3) is 0 Å². The van der Waals surface area contributed by atoms with Crippen LogP contribution in [0, 0.1) is 0 Å². The molecule has 2 heteroatoms. The van der Waals surface area contributed by atoms with Gasteiger partial charge in [0, 0.05) is 13.2 Å². The first-order valence-corrected chi connectivity index (χ1v) is 4.78. The molecule has 0 spiro atoms. The van der Waals surface area contributed by atoms with Gasteiger partial charge in [-0.15, -0.1) is 0 Å². The molecule has 1 aliphatic rings. The van der Waals surface area contributed by atoms with E-state index in [1.165, 1.54) is 32.1 Å². The minimum Gasteiger partial charge on any atom is -0.362 e. The Morgan fingerprint density at radius 2 is 2.00 bits per heavy atom. The van der Waals surface area contributed by atoms with E-state index in [9.17, 15) is 0 Å². The predicted molar refractivity (Wildman–Crippen MR) is 46.5 cm³/mol. The summed E-state index contributed by atoms with van der Waals surface area (Å²) in [6, 6.07) is 0. The molecule has 0 aliphatic carbocycles. The molecular weight excluding hydrogens is 138 g/mol. The van der Waals surface area contributed by atoms with E-state index in [2.05, 4.69) is 12.2 Å². The average Bonchev–Trinajstić information content (AvgIpc) is 2.80. The molecule has 0 amide bonds. The van der Waals surface area contributed by atoms with Crippen LogP contribution in [0.3, 0.4) is 0 Å². The molecule has 1 atom stereocenters. The van der Waals surface area contributed by atoms with Crippen LogP contribution >= 0.6 is 0 Å². The molecule has 0 radical (unpaired) electrons. The van der Waals surface area contributed by atoms with E-state index >= 15 is 0 Å². The van der Waals surface area contributed by atoms with Crippen LogP contribution in [0.2, 0.25) is 0 Å². The fourth-order valence-electron chi connectivity index (χ4n) is 1.10. The van der Waals surface area contributed by atoms with Crippen LogP contribution in [0.4, 0.5) is 0 Å². The van der Waals surface area contributed by atoms with Gasteiger partial charge in [-0.3, -0.25) is 5.32 Å². The van der Waals surface area contributed by atoms with Crippen molar-refractivity contribution in [1.29, 1.82) is 0 Å². The van der Waals surface area contributed by atoms with Crippen LogP contribution < -0.4 is 5.32 Å². The summed E-state index contributed by atoms with van der Waals surface area (Å²) in [6.07, 6.45) is 7.05. The van der Waals surface area contributed by atoms with Crippen LogP contribution in [0.1, 0.15) is 39.0 Å². The maximum atomic E-state index is 5.42. The lowest BCUT2D eigenvalue weighted by atomic mass is 10.2. The number of ether oxygens (including phenoxy) is 1. The van der Waals surface area contributed by atoms with Crippen molar-refractivity contribution in [3.05, 3.63) is 0 Å². The third kappa shape index (κ3) is 5.22. The molecule has 0 bridgehead atoms. The number of hydrogen-bond donors (Lipinski definition) is 1. The van der Waals surface area contributed by atoms with Crippen LogP contribution in [0.5, 0.6) is 0 Å². The second-order valence-electron chi connectivity index (χ2n) is 3.18. The summed E-state index contributed by atoms with van der Waals surface area (Å²) < 4.78 is 5.42. The molecule has 2 nitrogen and oxygen atoms in total. The van der Waals surface area contributed by atoms with Crippen molar-refractivity contribution in [2.75, 3.05) is 13.2 Å². The largest absolute Gasteiger partial charge is 0.362 e. The quantitative estimate of drug-likeness (QED) is 0.452. The van der Waals surface area contributed by atoms with Gasteiger partial charge in [-0.05, 0) is 6.42 Å². The Kier molecular flexibility index (Phi) is 4.55. The summed E-state index contributed by atoms with van der Waals surface area (Å²) in [6.45, 7) is 4.25. The molecular formula is C9H19NO. The lowest BCUT2D eigenvalue weighted by Crippen LogP contribution is -2.00. The third-order valence-electron chi connectivity index (χ3n) is 1.94. The van der Waals surface area contributed by atoms with Crippen molar-refractivity contribution >= 4 is 0 Å². The van der Waals surface area contributed by atoms with Gasteiger partial charge in [-0.25, -0.2) is 0 Å². The lowest BCUT2D eigenvalue weighted by molar-refractivity contribution is 0.113. The molecule has 1 fully saturated rings. The summed E-state index contributed by atoms with van der Waals surface area (Å²) >= 11 is 0. The van der Waals surface area contributed by atoms with Crippen molar-refractivity contribution in [3.63, 3.8) is 0 Å². The summed E-state index contributed by atoms with van der Waals surface area (Å²) in [5, 5.41) is 3.11. The second-order valence-corrected chi connectivity index (χ2v) is 3.18. The zero-order valence-corrected chi connectivity index (χ0v) is 7.44. The van der Waals surface area contributed by atoms with Crippen LogP contribution in [0.25, 0.3) is 0 Å². The normalized spacial score (nSPS) is 22.1. The van der Waals surface area contributed by atoms with Crippen molar-refractivity contribution in [1.82, 2.24) is 5.32 Å². The predicted octanol–water partition coefficient (Wildman–Crippen LogP) is 1.90. The van der Waals surface area contributed by atoms with Crippen molar-refractivity contribution < 1.29 is 4.74 Å². The van der Waals surface area contributed by atoms with E-state index in [0.29, 0.717) is 6.23 Å². The molecule has 0 aromatic rings. The van der Waals surface area contributed by atoms with Crippen LogP contribution in [-0.4, -0.2) is 19.4 Å². The van der Waals surface area contributed by atoms with E-state index in [1.807, 2.05) is 0 Å². The van der Waals surface area contributed by atoms with Crippen LogP contribution in [-0.2, 0) is 4.74 Å². The summed E-state index contributed by atoms with van der Waals surface area (Å²) in [5.74, 6) is 0. The maximum absolute atomic E-state index is 5.42. The van der Waals surface area contributed by atoms with Gasteiger partial charge in [0.05, 0.1) is 0 Å². The first kappa shape index (κ1) is 9.01. The first-order valence-electron chi connectivity index (χ1n) is 4.78. The van der Waals surface area contributed by atoms with Crippen molar-refractivity contribution in [2.24, 2.45) is 0 Å². The molecule has 11 heavy (non-hydrogen) atoms. The molecule has 1 saturated heterocycles. The van der Waals surface area contributed by atoms with Crippen molar-refractivity contribution in [2.45, 2.75) is 45.3 Å². The molecule has 0 aromatic heterocycles. The van der Waals surface area contributed by atoms with Gasteiger partial charge in [0.1, 0.15) is 6.23 Å². The van der Waals surface area contributed by atoms with Crippen LogP contribution in [0.15, 0.2) is 0 Å². The molecule has 1 unspecified atom stereocenters. The molecule has 1 N–H and O–H groups in total. The molecule has 66 valence electrons. The van der Waals surface area contributed by atoms with Gasteiger partial charge in [0.15, 0.2) is 0 Å². The number of unbranched alkanes of at least 4 members (excludes halogenated alkanes) is 4. The van der Waals surface area contributed by atoms with Gasteiger partial charge >= 0.3 is 0 Å². The fourth-order valence-corrected chi connectivity index (χ4v) is 1.10. The zero-order valence-electron chi connectivity index (χ0n) is 7.44. The summed E-state index contributed by atoms with van der Waals surface area (Å²) in [5.41, 5.74) is 0. The zero-order chi connectivity index (χ0) is 7.94. The minimum absolute atomic E-state index is 0.404. The highest BCUT2D eigenvalue weighted by Gasteiger charge is 2.19. The average molecular weight is 157 g/mol. The van der Waals surface area contributed by atoms with Gasteiger partial charge in [-0.2, -0.15) is 0 Å². The first-order chi connectivity index (χ1) is 5.43. The maximum Gasteiger partial charge on any atom is 0.120 e. The molecule has 1 aliphatic heterocycles.